The Labute approximate surface area is 203 Å². The van der Waals surface area contributed by atoms with E-state index in [0.29, 0.717) is 27.5 Å². The van der Waals surface area contributed by atoms with E-state index in [0.717, 1.165) is 5.56 Å². The number of carbonyl (C=O) groups is 3. The van der Waals surface area contributed by atoms with Crippen molar-refractivity contribution in [3.05, 3.63) is 100 Å². The molecule has 0 aliphatic heterocycles. The summed E-state index contributed by atoms with van der Waals surface area (Å²) < 4.78 is 5.68. The molecule has 3 aromatic rings. The highest BCUT2D eigenvalue weighted by Gasteiger charge is 2.24. The maximum Gasteiger partial charge on any atom is 0.321 e. The molecule has 0 heterocycles. The summed E-state index contributed by atoms with van der Waals surface area (Å²) in [7, 11) is 0. The number of ketones is 2. The minimum absolute atomic E-state index is 0.143. The van der Waals surface area contributed by atoms with Crippen LogP contribution < -0.4 is 4.74 Å². The Morgan fingerprint density at radius 1 is 0.971 bits per heavy atom. The van der Waals surface area contributed by atoms with Crippen molar-refractivity contribution in [1.29, 1.82) is 0 Å². The molecule has 0 bridgehead atoms. The molecule has 0 aliphatic rings. The van der Waals surface area contributed by atoms with Crippen LogP contribution in [0.1, 0.15) is 40.9 Å². The van der Waals surface area contributed by atoms with Crippen molar-refractivity contribution in [3.8, 4) is 17.6 Å². The monoisotopic (exact) mass is 474 g/mol. The Kier molecular flexibility index (Phi) is 7.88. The first-order valence-corrected chi connectivity index (χ1v) is 10.9. The summed E-state index contributed by atoms with van der Waals surface area (Å²) >= 11 is 6.08. The van der Waals surface area contributed by atoms with Gasteiger partial charge in [0, 0.05) is 22.6 Å². The second-order valence-electron chi connectivity index (χ2n) is 8.22. The molecule has 0 spiro atoms. The van der Waals surface area contributed by atoms with Crippen molar-refractivity contribution >= 4 is 29.1 Å². The normalized spacial score (nSPS) is 10.7. The van der Waals surface area contributed by atoms with Gasteiger partial charge in [-0.05, 0) is 49.7 Å². The smallest absolute Gasteiger partial charge is 0.321 e. The van der Waals surface area contributed by atoms with Crippen molar-refractivity contribution in [1.82, 2.24) is 0 Å². The molecule has 0 aliphatic carbocycles. The van der Waals surface area contributed by atoms with Crippen LogP contribution in [0.2, 0.25) is 5.02 Å². The lowest BCUT2D eigenvalue weighted by Gasteiger charge is -2.11. The quantitative estimate of drug-likeness (QED) is 0.357. The zero-order chi connectivity index (χ0) is 24.7. The Morgan fingerprint density at radius 2 is 1.65 bits per heavy atom. The van der Waals surface area contributed by atoms with Crippen molar-refractivity contribution in [3.63, 3.8) is 0 Å². The van der Waals surface area contributed by atoms with Crippen LogP contribution in [0.5, 0.6) is 5.75 Å². The zero-order valence-electron chi connectivity index (χ0n) is 18.8. The molecule has 0 amide bonds. The molecule has 3 rings (SSSR count). The number of benzene rings is 3. The van der Waals surface area contributed by atoms with E-state index in [4.69, 9.17) is 21.4 Å². The topological polar surface area (TPSA) is 80.7 Å². The molecule has 172 valence electrons. The van der Waals surface area contributed by atoms with E-state index < -0.39 is 11.4 Å². The van der Waals surface area contributed by atoms with Gasteiger partial charge in [0.1, 0.15) is 17.8 Å². The van der Waals surface area contributed by atoms with Crippen LogP contribution in [-0.4, -0.2) is 29.2 Å². The van der Waals surface area contributed by atoms with Crippen LogP contribution in [0.25, 0.3) is 0 Å². The summed E-state index contributed by atoms with van der Waals surface area (Å²) in [6.45, 7) is 2.87. The molecule has 0 atom stereocenters. The highest BCUT2D eigenvalue weighted by molar-refractivity contribution is 6.31. The fraction of sp³-hybridized carbons (Fsp3) is 0.179. The van der Waals surface area contributed by atoms with E-state index in [1.54, 1.807) is 60.7 Å². The number of halogens is 1. The van der Waals surface area contributed by atoms with E-state index in [-0.39, 0.29) is 24.6 Å². The number of Topliss-reactive ketones (excluding diaryl/α,β-unsaturated/α-hetero) is 1. The largest absolute Gasteiger partial charge is 0.485 e. The van der Waals surface area contributed by atoms with E-state index >= 15 is 0 Å². The number of hydrogen-bond donors (Lipinski definition) is 1. The maximum atomic E-state index is 12.9. The van der Waals surface area contributed by atoms with Crippen LogP contribution >= 0.6 is 11.6 Å². The van der Waals surface area contributed by atoms with E-state index in [2.05, 4.69) is 11.8 Å². The number of rotatable bonds is 8. The minimum atomic E-state index is -1.14. The number of carboxylic acid groups (broad SMARTS) is 1. The Hall–Kier alpha value is -3.88. The lowest BCUT2D eigenvalue weighted by molar-refractivity contribution is -0.143. The number of carboxylic acids is 1. The van der Waals surface area contributed by atoms with Crippen molar-refractivity contribution < 1.29 is 24.2 Å². The van der Waals surface area contributed by atoms with Crippen LogP contribution in [0.4, 0.5) is 0 Å². The zero-order valence-corrected chi connectivity index (χ0v) is 19.6. The fourth-order valence-electron chi connectivity index (χ4n) is 2.98. The predicted octanol–water partition coefficient (Wildman–Crippen LogP) is 5.22. The van der Waals surface area contributed by atoms with Crippen molar-refractivity contribution in [2.75, 3.05) is 6.61 Å². The van der Waals surface area contributed by atoms with Gasteiger partial charge >= 0.3 is 5.97 Å². The first-order valence-electron chi connectivity index (χ1n) is 10.5. The van der Waals surface area contributed by atoms with Crippen molar-refractivity contribution in [2.45, 2.75) is 20.3 Å². The first-order chi connectivity index (χ1) is 16.2. The average molecular weight is 475 g/mol. The van der Waals surface area contributed by atoms with Gasteiger partial charge in [0.2, 0.25) is 0 Å². The molecule has 3 aromatic carbocycles. The van der Waals surface area contributed by atoms with Gasteiger partial charge in [-0.25, -0.2) is 0 Å². The molecule has 0 aromatic heterocycles. The van der Waals surface area contributed by atoms with Gasteiger partial charge in [0.05, 0.1) is 5.56 Å². The standard InChI is InChI=1S/C28H23ClO5/c1-28(2,27(32)33)15-14-19-8-10-20(11-9-19)16-23(30)18-34-25-13-12-22(29)17-24(25)26(31)21-6-4-3-5-7-21/h3-13,17H,16,18H2,1-2H3,(H,32,33). The number of aliphatic carboxylic acids is 1. The summed E-state index contributed by atoms with van der Waals surface area (Å²) in [5.41, 5.74) is 1.07. The lowest BCUT2D eigenvalue weighted by atomic mass is 9.94. The Morgan fingerprint density at radius 3 is 2.29 bits per heavy atom. The highest BCUT2D eigenvalue weighted by Crippen LogP contribution is 2.26. The van der Waals surface area contributed by atoms with Crippen LogP contribution in [-0.2, 0) is 16.0 Å². The van der Waals surface area contributed by atoms with Gasteiger partial charge in [-0.1, -0.05) is 65.9 Å². The van der Waals surface area contributed by atoms with Crippen molar-refractivity contribution in [2.24, 2.45) is 5.41 Å². The van der Waals surface area contributed by atoms with Gasteiger partial charge in [-0.2, -0.15) is 0 Å². The molecule has 0 fully saturated rings. The third-order valence-electron chi connectivity index (χ3n) is 5.02. The summed E-state index contributed by atoms with van der Waals surface area (Å²) in [5, 5.41) is 9.53. The van der Waals surface area contributed by atoms with Gasteiger partial charge < -0.3 is 9.84 Å². The van der Waals surface area contributed by atoms with Gasteiger partial charge in [0.15, 0.2) is 11.6 Å². The Bertz CT molecular complexity index is 1270. The third kappa shape index (κ3) is 6.57. The number of hydrogen-bond acceptors (Lipinski definition) is 4. The van der Waals surface area contributed by atoms with Gasteiger partial charge in [0.25, 0.3) is 0 Å². The van der Waals surface area contributed by atoms with E-state index in [9.17, 15) is 14.4 Å². The molecule has 1 N–H and O–H groups in total. The molecular weight excluding hydrogens is 452 g/mol. The number of ether oxygens (including phenoxy) is 1. The maximum absolute atomic E-state index is 12.9. The molecule has 0 saturated heterocycles. The van der Waals surface area contributed by atoms with E-state index in [1.807, 2.05) is 6.07 Å². The van der Waals surface area contributed by atoms with Crippen LogP contribution in [0.3, 0.4) is 0 Å². The molecule has 0 saturated carbocycles. The van der Waals surface area contributed by atoms with Crippen LogP contribution in [0.15, 0.2) is 72.8 Å². The second kappa shape index (κ2) is 10.8. The molecule has 34 heavy (non-hydrogen) atoms. The molecule has 0 radical (unpaired) electrons. The predicted molar refractivity (Wildman–Crippen MR) is 130 cm³/mol. The first kappa shape index (κ1) is 24.8. The van der Waals surface area contributed by atoms with Gasteiger partial charge in [-0.3, -0.25) is 14.4 Å². The average Bonchev–Trinajstić information content (AvgIpc) is 2.83. The van der Waals surface area contributed by atoms with Gasteiger partial charge in [-0.15, -0.1) is 0 Å². The summed E-state index contributed by atoms with van der Waals surface area (Å²) in [5.74, 6) is 4.47. The summed E-state index contributed by atoms with van der Waals surface area (Å²) in [6, 6.07) is 20.5. The molecule has 5 nitrogen and oxygen atoms in total. The number of carbonyl (C=O) groups excluding carboxylic acids is 2. The highest BCUT2D eigenvalue weighted by atomic mass is 35.5. The fourth-order valence-corrected chi connectivity index (χ4v) is 3.15. The van der Waals surface area contributed by atoms with Crippen LogP contribution in [0, 0.1) is 17.3 Å². The Balaban J connectivity index is 1.64. The minimum Gasteiger partial charge on any atom is -0.485 e. The molecular formula is C28H23ClO5. The summed E-state index contributed by atoms with van der Waals surface area (Å²) in [4.78, 5) is 36.5. The third-order valence-corrected chi connectivity index (χ3v) is 5.26. The summed E-state index contributed by atoms with van der Waals surface area (Å²) in [6.07, 6.45) is 0.143. The second-order valence-corrected chi connectivity index (χ2v) is 8.65. The molecule has 0 unspecified atom stereocenters. The molecule has 6 heteroatoms. The SMILES string of the molecule is CC(C)(C#Cc1ccc(CC(=O)COc2ccc(Cl)cc2C(=O)c2ccccc2)cc1)C(=O)O. The van der Waals surface area contributed by atoms with E-state index in [1.165, 1.54) is 19.9 Å². The lowest BCUT2D eigenvalue weighted by Crippen LogP contribution is -2.21.